The van der Waals surface area contributed by atoms with Gasteiger partial charge in [-0.25, -0.2) is 4.98 Å². The maximum atomic E-state index is 12.5. The third-order valence-electron chi connectivity index (χ3n) is 4.25. The smallest absolute Gasteiger partial charge is 0.417 e. The number of hydrogen-bond acceptors (Lipinski definition) is 4. The van der Waals surface area contributed by atoms with Crippen molar-refractivity contribution in [3.8, 4) is 5.88 Å². The number of guanidine groups is 1. The molecular formula is C18H27F3IN5O. The number of pyridine rings is 1. The zero-order valence-corrected chi connectivity index (χ0v) is 18.2. The maximum Gasteiger partial charge on any atom is 0.417 e. The van der Waals surface area contributed by atoms with Gasteiger partial charge in [-0.15, -0.1) is 30.6 Å². The van der Waals surface area contributed by atoms with E-state index >= 15 is 0 Å². The Morgan fingerprint density at radius 2 is 2.11 bits per heavy atom. The topological polar surface area (TPSA) is 61.8 Å². The van der Waals surface area contributed by atoms with E-state index in [0.717, 1.165) is 44.7 Å². The lowest BCUT2D eigenvalue weighted by molar-refractivity contribution is -0.137. The van der Waals surface area contributed by atoms with Gasteiger partial charge in [-0.3, -0.25) is 9.89 Å². The van der Waals surface area contributed by atoms with E-state index in [-0.39, 0.29) is 36.5 Å². The van der Waals surface area contributed by atoms with Crippen LogP contribution < -0.4 is 15.4 Å². The Labute approximate surface area is 180 Å². The summed E-state index contributed by atoms with van der Waals surface area (Å²) in [6.45, 7) is 7.42. The van der Waals surface area contributed by atoms with Crippen molar-refractivity contribution in [1.29, 1.82) is 0 Å². The van der Waals surface area contributed by atoms with Gasteiger partial charge in [0.1, 0.15) is 6.61 Å². The lowest BCUT2D eigenvalue weighted by Gasteiger charge is -2.32. The molecule has 28 heavy (non-hydrogen) atoms. The van der Waals surface area contributed by atoms with E-state index in [0.29, 0.717) is 18.5 Å². The fourth-order valence-corrected chi connectivity index (χ4v) is 2.79. The van der Waals surface area contributed by atoms with Gasteiger partial charge in [-0.1, -0.05) is 6.08 Å². The molecule has 0 unspecified atom stereocenters. The highest BCUT2D eigenvalue weighted by molar-refractivity contribution is 14.0. The predicted octanol–water partition coefficient (Wildman–Crippen LogP) is 2.91. The molecular weight excluding hydrogens is 486 g/mol. The van der Waals surface area contributed by atoms with Crippen LogP contribution in [0.2, 0.25) is 0 Å². The van der Waals surface area contributed by atoms with Crippen molar-refractivity contribution in [3.05, 3.63) is 36.5 Å². The lowest BCUT2D eigenvalue weighted by atomic mass is 10.1. The molecule has 0 saturated carbocycles. The van der Waals surface area contributed by atoms with Crippen molar-refractivity contribution in [2.24, 2.45) is 4.99 Å². The van der Waals surface area contributed by atoms with Gasteiger partial charge in [-0.05, 0) is 18.9 Å². The van der Waals surface area contributed by atoms with Gasteiger partial charge in [-0.2, -0.15) is 13.2 Å². The number of nitrogens with one attached hydrogen (secondary N) is 2. The van der Waals surface area contributed by atoms with Crippen molar-refractivity contribution in [2.75, 3.05) is 39.8 Å². The number of likely N-dealkylation sites (tertiary alicyclic amines) is 1. The molecule has 0 spiro atoms. The Hall–Kier alpha value is -1.56. The number of piperidine rings is 1. The summed E-state index contributed by atoms with van der Waals surface area (Å²) >= 11 is 0. The number of ether oxygens (including phenoxy) is 1. The largest absolute Gasteiger partial charge is 0.476 e. The van der Waals surface area contributed by atoms with Crippen molar-refractivity contribution in [2.45, 2.75) is 25.1 Å². The molecule has 1 aliphatic heterocycles. The number of halogens is 4. The zero-order chi connectivity index (χ0) is 19.7. The molecule has 0 radical (unpaired) electrons. The third-order valence-corrected chi connectivity index (χ3v) is 4.25. The maximum absolute atomic E-state index is 12.5. The van der Waals surface area contributed by atoms with E-state index in [1.54, 1.807) is 7.05 Å². The quantitative estimate of drug-likeness (QED) is 0.193. The number of nitrogens with zero attached hydrogens (tertiary/aromatic N) is 3. The Kier molecular flexibility index (Phi) is 10.6. The fourth-order valence-electron chi connectivity index (χ4n) is 2.79. The molecule has 0 atom stereocenters. The lowest BCUT2D eigenvalue weighted by Crippen LogP contribution is -2.49. The highest BCUT2D eigenvalue weighted by Gasteiger charge is 2.30. The molecule has 6 nitrogen and oxygen atoms in total. The molecule has 1 fully saturated rings. The van der Waals surface area contributed by atoms with E-state index in [2.05, 4.69) is 32.1 Å². The van der Waals surface area contributed by atoms with E-state index in [9.17, 15) is 13.2 Å². The van der Waals surface area contributed by atoms with Crippen LogP contribution in [-0.2, 0) is 6.18 Å². The second-order valence-electron chi connectivity index (χ2n) is 6.24. The van der Waals surface area contributed by atoms with Crippen molar-refractivity contribution >= 4 is 29.9 Å². The SMILES string of the molecule is C=CCN1CCC(NC(=NC)NCCOc2ccc(C(F)(F)F)cn2)CC1.I. The van der Waals surface area contributed by atoms with Gasteiger partial charge in [0.2, 0.25) is 5.88 Å². The van der Waals surface area contributed by atoms with Crippen LogP contribution in [0.3, 0.4) is 0 Å². The molecule has 158 valence electrons. The number of hydrogen-bond donors (Lipinski definition) is 2. The number of aliphatic imine (C=N–C) groups is 1. The molecule has 0 aliphatic carbocycles. The van der Waals surface area contributed by atoms with Gasteiger partial charge in [0, 0.05) is 45.0 Å². The molecule has 1 aliphatic rings. The van der Waals surface area contributed by atoms with Crippen LogP contribution in [0.4, 0.5) is 13.2 Å². The summed E-state index contributed by atoms with van der Waals surface area (Å²) in [7, 11) is 1.69. The van der Waals surface area contributed by atoms with E-state index < -0.39 is 11.7 Å². The molecule has 0 amide bonds. The minimum Gasteiger partial charge on any atom is -0.476 e. The van der Waals surface area contributed by atoms with Crippen molar-refractivity contribution < 1.29 is 17.9 Å². The van der Waals surface area contributed by atoms with Crippen LogP contribution >= 0.6 is 24.0 Å². The molecule has 1 saturated heterocycles. The fraction of sp³-hybridized carbons (Fsp3) is 0.556. The van der Waals surface area contributed by atoms with Crippen molar-refractivity contribution in [1.82, 2.24) is 20.5 Å². The summed E-state index contributed by atoms with van der Waals surface area (Å²) in [5.41, 5.74) is -0.795. The Morgan fingerprint density at radius 1 is 1.39 bits per heavy atom. The summed E-state index contributed by atoms with van der Waals surface area (Å²) in [6.07, 6.45) is 0.343. The van der Waals surface area contributed by atoms with Crippen LogP contribution in [0.5, 0.6) is 5.88 Å². The zero-order valence-electron chi connectivity index (χ0n) is 15.8. The molecule has 2 rings (SSSR count). The molecule has 2 heterocycles. The van der Waals surface area contributed by atoms with Gasteiger partial charge < -0.3 is 15.4 Å². The first-order valence-electron chi connectivity index (χ1n) is 8.89. The second-order valence-corrected chi connectivity index (χ2v) is 6.24. The predicted molar refractivity (Wildman–Crippen MR) is 114 cm³/mol. The average Bonchev–Trinajstić information content (AvgIpc) is 2.65. The van der Waals surface area contributed by atoms with Gasteiger partial charge in [0.25, 0.3) is 0 Å². The standard InChI is InChI=1S/C18H26F3N5O.HI/c1-3-9-26-10-6-15(7-11-26)25-17(22-2)23-8-12-27-16-5-4-14(13-24-16)18(19,20)21;/h3-5,13,15H,1,6-12H2,2H3,(H2,22,23,25);1H. The number of rotatable bonds is 7. The van der Waals surface area contributed by atoms with Crippen LogP contribution in [0.1, 0.15) is 18.4 Å². The first-order chi connectivity index (χ1) is 12.9. The highest BCUT2D eigenvalue weighted by atomic mass is 127. The molecule has 1 aromatic rings. The molecule has 1 aromatic heterocycles. The molecule has 2 N–H and O–H groups in total. The number of aromatic nitrogens is 1. The van der Waals surface area contributed by atoms with E-state index in [1.807, 2.05) is 6.08 Å². The van der Waals surface area contributed by atoms with Crippen LogP contribution in [0, 0.1) is 0 Å². The first kappa shape index (κ1) is 24.5. The molecule has 0 aromatic carbocycles. The van der Waals surface area contributed by atoms with Crippen LogP contribution in [-0.4, -0.2) is 61.7 Å². The minimum absolute atomic E-state index is 0. The Morgan fingerprint density at radius 3 is 2.64 bits per heavy atom. The van der Waals surface area contributed by atoms with E-state index in [4.69, 9.17) is 4.74 Å². The van der Waals surface area contributed by atoms with E-state index in [1.165, 1.54) is 6.07 Å². The monoisotopic (exact) mass is 513 g/mol. The van der Waals surface area contributed by atoms with Gasteiger partial charge in [0.15, 0.2) is 5.96 Å². The van der Waals surface area contributed by atoms with Crippen LogP contribution in [0.25, 0.3) is 0 Å². The second kappa shape index (κ2) is 12.1. The normalized spacial score (nSPS) is 16.2. The van der Waals surface area contributed by atoms with Crippen LogP contribution in [0.15, 0.2) is 36.0 Å². The summed E-state index contributed by atoms with van der Waals surface area (Å²) in [4.78, 5) is 10.2. The van der Waals surface area contributed by atoms with Gasteiger partial charge in [0.05, 0.1) is 12.1 Å². The third kappa shape index (κ3) is 8.21. The summed E-state index contributed by atoms with van der Waals surface area (Å²) in [6, 6.07) is 2.52. The summed E-state index contributed by atoms with van der Waals surface area (Å²) in [5.74, 6) is 0.837. The summed E-state index contributed by atoms with van der Waals surface area (Å²) < 4.78 is 42.8. The molecule has 10 heteroatoms. The average molecular weight is 513 g/mol. The number of alkyl halides is 3. The summed E-state index contributed by atoms with van der Waals surface area (Å²) in [5, 5.41) is 6.52. The Balaban J connectivity index is 0.00000392. The minimum atomic E-state index is -4.40. The van der Waals surface area contributed by atoms with Crippen molar-refractivity contribution in [3.63, 3.8) is 0 Å². The van der Waals surface area contributed by atoms with Gasteiger partial charge >= 0.3 is 6.18 Å². The first-order valence-corrected chi connectivity index (χ1v) is 8.89. The Bertz CT molecular complexity index is 617. The highest BCUT2D eigenvalue weighted by Crippen LogP contribution is 2.29. The molecule has 0 bridgehead atoms.